The van der Waals surface area contributed by atoms with Crippen LogP contribution in [0.3, 0.4) is 0 Å². The van der Waals surface area contributed by atoms with Crippen molar-refractivity contribution in [2.45, 2.75) is 26.7 Å². The molecular formula is C16H22N2O2. The highest BCUT2D eigenvalue weighted by atomic mass is 16.5. The predicted octanol–water partition coefficient (Wildman–Crippen LogP) is 3.64. The minimum absolute atomic E-state index is 0.738. The van der Waals surface area contributed by atoms with Crippen molar-refractivity contribution in [1.29, 1.82) is 0 Å². The molecule has 20 heavy (non-hydrogen) atoms. The molecule has 4 nitrogen and oxygen atoms in total. The number of aryl methyl sites for hydroxylation is 1. The highest BCUT2D eigenvalue weighted by molar-refractivity contribution is 5.88. The van der Waals surface area contributed by atoms with Crippen molar-refractivity contribution >= 4 is 16.7 Å². The summed E-state index contributed by atoms with van der Waals surface area (Å²) in [4.78, 5) is 4.74. The van der Waals surface area contributed by atoms with Gasteiger partial charge in [-0.25, -0.2) is 4.98 Å². The van der Waals surface area contributed by atoms with E-state index < -0.39 is 0 Å². The maximum atomic E-state index is 5.43. The topological polar surface area (TPSA) is 43.4 Å². The van der Waals surface area contributed by atoms with E-state index >= 15 is 0 Å². The zero-order valence-electron chi connectivity index (χ0n) is 12.6. The Labute approximate surface area is 120 Å². The Morgan fingerprint density at radius 1 is 1.10 bits per heavy atom. The molecule has 0 aliphatic heterocycles. The van der Waals surface area contributed by atoms with Gasteiger partial charge in [0.1, 0.15) is 22.8 Å². The van der Waals surface area contributed by atoms with Crippen LogP contribution in [0.1, 0.15) is 25.8 Å². The van der Waals surface area contributed by atoms with Crippen LogP contribution in [0.15, 0.2) is 18.2 Å². The Morgan fingerprint density at radius 2 is 1.90 bits per heavy atom. The third-order valence-corrected chi connectivity index (χ3v) is 3.31. The van der Waals surface area contributed by atoms with Crippen LogP contribution in [0, 0.1) is 0 Å². The van der Waals surface area contributed by atoms with Crippen LogP contribution in [-0.4, -0.2) is 25.7 Å². The Hall–Kier alpha value is -1.97. The number of aromatic nitrogens is 1. The van der Waals surface area contributed by atoms with E-state index in [2.05, 4.69) is 25.2 Å². The van der Waals surface area contributed by atoms with Gasteiger partial charge in [0.05, 0.1) is 14.2 Å². The summed E-state index contributed by atoms with van der Waals surface area (Å²) < 4.78 is 10.7. The lowest BCUT2D eigenvalue weighted by molar-refractivity contribution is 0.397. The largest absolute Gasteiger partial charge is 0.497 e. The summed E-state index contributed by atoms with van der Waals surface area (Å²) in [6, 6.07) is 6.02. The van der Waals surface area contributed by atoms with Gasteiger partial charge in [0.2, 0.25) is 0 Å². The fourth-order valence-corrected chi connectivity index (χ4v) is 2.21. The predicted molar refractivity (Wildman–Crippen MR) is 83.0 cm³/mol. The number of rotatable bonds is 6. The van der Waals surface area contributed by atoms with Crippen LogP contribution < -0.4 is 14.8 Å². The fourth-order valence-electron chi connectivity index (χ4n) is 2.21. The first-order valence-electron chi connectivity index (χ1n) is 7.03. The number of benzene rings is 1. The molecule has 1 aromatic heterocycles. The number of pyridine rings is 1. The summed E-state index contributed by atoms with van der Waals surface area (Å²) in [5.74, 6) is 2.47. The van der Waals surface area contributed by atoms with Crippen molar-refractivity contribution in [3.8, 4) is 11.5 Å². The second-order valence-corrected chi connectivity index (χ2v) is 4.68. The first kappa shape index (κ1) is 14.4. The quantitative estimate of drug-likeness (QED) is 0.873. The van der Waals surface area contributed by atoms with Gasteiger partial charge in [-0.05, 0) is 30.5 Å². The Balaban J connectivity index is 2.60. The summed E-state index contributed by atoms with van der Waals surface area (Å²) in [6.45, 7) is 5.20. The van der Waals surface area contributed by atoms with E-state index in [9.17, 15) is 0 Å². The van der Waals surface area contributed by atoms with E-state index in [-0.39, 0.29) is 0 Å². The van der Waals surface area contributed by atoms with E-state index in [0.717, 1.165) is 47.6 Å². The summed E-state index contributed by atoms with van der Waals surface area (Å²) in [5, 5.41) is 4.43. The Kier molecular flexibility index (Phi) is 4.66. The molecule has 0 atom stereocenters. The molecule has 0 unspecified atom stereocenters. The normalized spacial score (nSPS) is 10.6. The van der Waals surface area contributed by atoms with Crippen molar-refractivity contribution < 1.29 is 9.47 Å². The van der Waals surface area contributed by atoms with E-state index in [1.165, 1.54) is 5.56 Å². The van der Waals surface area contributed by atoms with Gasteiger partial charge in [0, 0.05) is 18.0 Å². The number of fused-ring (bicyclic) bond motifs is 1. The molecule has 108 valence electrons. The Morgan fingerprint density at radius 3 is 2.50 bits per heavy atom. The summed E-state index contributed by atoms with van der Waals surface area (Å²) >= 11 is 0. The second kappa shape index (κ2) is 6.46. The minimum atomic E-state index is 0.738. The zero-order valence-corrected chi connectivity index (χ0v) is 12.6. The number of nitrogens with zero attached hydrogens (tertiary/aromatic N) is 1. The number of hydrogen-bond donors (Lipinski definition) is 1. The first-order chi connectivity index (χ1) is 9.73. The molecule has 0 saturated carbocycles. The highest BCUT2D eigenvalue weighted by Gasteiger charge is 2.11. The van der Waals surface area contributed by atoms with Crippen LogP contribution in [0.5, 0.6) is 11.5 Å². The molecule has 0 amide bonds. The molecule has 0 fully saturated rings. The molecular weight excluding hydrogens is 252 g/mol. The van der Waals surface area contributed by atoms with Crippen molar-refractivity contribution in [2.75, 3.05) is 26.1 Å². The highest BCUT2D eigenvalue weighted by Crippen LogP contribution is 2.32. The van der Waals surface area contributed by atoms with Gasteiger partial charge in [-0.15, -0.1) is 0 Å². The van der Waals surface area contributed by atoms with Crippen LogP contribution >= 0.6 is 0 Å². The molecule has 0 aliphatic rings. The van der Waals surface area contributed by atoms with Crippen LogP contribution in [0.4, 0.5) is 5.82 Å². The lowest BCUT2D eigenvalue weighted by Crippen LogP contribution is -2.05. The third-order valence-electron chi connectivity index (χ3n) is 3.31. The van der Waals surface area contributed by atoms with Gasteiger partial charge in [-0.2, -0.15) is 0 Å². The van der Waals surface area contributed by atoms with E-state index in [1.807, 2.05) is 12.1 Å². The van der Waals surface area contributed by atoms with Gasteiger partial charge >= 0.3 is 0 Å². The SMILES string of the molecule is CCCNc1nc2c(OC)cc(OC)cc2cc1CC. The summed E-state index contributed by atoms with van der Waals surface area (Å²) in [6.07, 6.45) is 2.01. The van der Waals surface area contributed by atoms with Crippen LogP contribution in [0.2, 0.25) is 0 Å². The van der Waals surface area contributed by atoms with Crippen molar-refractivity contribution in [3.05, 3.63) is 23.8 Å². The van der Waals surface area contributed by atoms with Gasteiger partial charge in [-0.1, -0.05) is 13.8 Å². The molecule has 1 heterocycles. The molecule has 1 N–H and O–H groups in total. The maximum Gasteiger partial charge on any atom is 0.148 e. The van der Waals surface area contributed by atoms with Gasteiger partial charge < -0.3 is 14.8 Å². The van der Waals surface area contributed by atoms with E-state index in [4.69, 9.17) is 14.5 Å². The molecule has 2 rings (SSSR count). The summed E-state index contributed by atoms with van der Waals surface area (Å²) in [7, 11) is 3.31. The first-order valence-corrected chi connectivity index (χ1v) is 7.03. The lowest BCUT2D eigenvalue weighted by atomic mass is 10.1. The maximum absolute atomic E-state index is 5.43. The number of ether oxygens (including phenoxy) is 2. The molecule has 0 radical (unpaired) electrons. The lowest BCUT2D eigenvalue weighted by Gasteiger charge is -2.13. The molecule has 2 aromatic rings. The third kappa shape index (κ3) is 2.79. The molecule has 0 aliphatic carbocycles. The van der Waals surface area contributed by atoms with Crippen LogP contribution in [-0.2, 0) is 6.42 Å². The van der Waals surface area contributed by atoms with Gasteiger partial charge in [-0.3, -0.25) is 0 Å². The summed E-state index contributed by atoms with van der Waals surface area (Å²) in [5.41, 5.74) is 2.07. The fraction of sp³-hybridized carbons (Fsp3) is 0.438. The molecule has 0 saturated heterocycles. The average Bonchev–Trinajstić information content (AvgIpc) is 2.50. The minimum Gasteiger partial charge on any atom is -0.497 e. The molecule has 0 bridgehead atoms. The van der Waals surface area contributed by atoms with Gasteiger partial charge in [0.15, 0.2) is 0 Å². The second-order valence-electron chi connectivity index (χ2n) is 4.68. The van der Waals surface area contributed by atoms with Crippen LogP contribution in [0.25, 0.3) is 10.9 Å². The monoisotopic (exact) mass is 274 g/mol. The Bertz CT molecular complexity index is 597. The molecule has 0 spiro atoms. The number of nitrogens with one attached hydrogen (secondary N) is 1. The molecule has 1 aromatic carbocycles. The van der Waals surface area contributed by atoms with Gasteiger partial charge in [0.25, 0.3) is 0 Å². The van der Waals surface area contributed by atoms with E-state index in [1.54, 1.807) is 14.2 Å². The standard InChI is InChI=1S/C16H22N2O2/c1-5-7-17-16-11(6-2)8-12-9-13(19-3)10-14(20-4)15(12)18-16/h8-10H,5-7H2,1-4H3,(H,17,18). The number of methoxy groups -OCH3 is 2. The van der Waals surface area contributed by atoms with Crippen molar-refractivity contribution in [2.24, 2.45) is 0 Å². The number of anilines is 1. The zero-order chi connectivity index (χ0) is 14.5. The van der Waals surface area contributed by atoms with E-state index in [0.29, 0.717) is 0 Å². The molecule has 4 heteroatoms. The van der Waals surface area contributed by atoms with Crippen molar-refractivity contribution in [1.82, 2.24) is 4.98 Å². The number of hydrogen-bond acceptors (Lipinski definition) is 4. The average molecular weight is 274 g/mol. The van der Waals surface area contributed by atoms with Crippen molar-refractivity contribution in [3.63, 3.8) is 0 Å². The smallest absolute Gasteiger partial charge is 0.148 e.